The van der Waals surface area contributed by atoms with E-state index in [1.807, 2.05) is 0 Å². The summed E-state index contributed by atoms with van der Waals surface area (Å²) in [7, 11) is 0. The summed E-state index contributed by atoms with van der Waals surface area (Å²) in [4.78, 5) is 0. The third kappa shape index (κ3) is 77.5. The third-order valence-electron chi connectivity index (χ3n) is 0. The van der Waals surface area contributed by atoms with Crippen molar-refractivity contribution in [1.82, 2.24) is 0 Å². The molecule has 0 saturated heterocycles. The normalized spacial score (nSPS) is 2.57. The van der Waals surface area contributed by atoms with Gasteiger partial charge in [0.1, 0.15) is 0 Å². The molecular weight excluding hydrogens is 532 g/mol. The van der Waals surface area contributed by atoms with Crippen LogP contribution < -0.4 is 6.11 Å². The van der Waals surface area contributed by atoms with Gasteiger partial charge in [-0.1, -0.05) is 0 Å². The van der Waals surface area contributed by atoms with Gasteiger partial charge in [0, 0.05) is 0 Å². The molecular formula is CoO4Tl2. The predicted molar refractivity (Wildman–Crippen MR) is 12.9 cm³/mol. The maximum atomic E-state index is 8.58. The van der Waals surface area contributed by atoms with Crippen molar-refractivity contribution in [2.75, 3.05) is 0 Å². The molecule has 39 valence electrons. The van der Waals surface area contributed by atoms with E-state index >= 15 is 0 Å². The quantitative estimate of drug-likeness (QED) is 0.306. The summed E-state index contributed by atoms with van der Waals surface area (Å²) in [6.07, 6.45) is 0. The molecule has 0 amide bonds. The Balaban J connectivity index is -0.0000000400. The zero-order valence-electron chi connectivity index (χ0n) is 3.12. The van der Waals surface area contributed by atoms with Crippen LogP contribution in [0.1, 0.15) is 0 Å². The fourth-order valence-corrected chi connectivity index (χ4v) is 0. The van der Waals surface area contributed by atoms with E-state index in [0.717, 1.165) is 0 Å². The molecule has 0 aromatic heterocycles. The van der Waals surface area contributed by atoms with Crippen LogP contribution in [0.3, 0.4) is 0 Å². The van der Waals surface area contributed by atoms with E-state index < -0.39 is 49.4 Å². The average molecular weight is 532 g/mol. The molecule has 0 aromatic rings. The monoisotopic (exact) mass is 533 g/mol. The molecule has 4 nitrogen and oxygen atoms in total. The van der Waals surface area contributed by atoms with Gasteiger partial charge >= 0.3 is 77.7 Å². The Morgan fingerprint density at radius 3 is 1.00 bits per heavy atom. The minimum atomic E-state index is -2.50. The van der Waals surface area contributed by atoms with E-state index in [9.17, 15) is 0 Å². The zero-order valence-corrected chi connectivity index (χ0v) is 13.1. The first-order valence-corrected chi connectivity index (χ1v) is 8.27. The van der Waals surface area contributed by atoms with Gasteiger partial charge in [-0.25, -0.2) is 0 Å². The van der Waals surface area contributed by atoms with Crippen LogP contribution in [0, 0.1) is 0 Å². The summed E-state index contributed by atoms with van der Waals surface area (Å²) >= 11 is -5.00. The summed E-state index contributed by atoms with van der Waals surface area (Å²) in [6, 6.07) is 0. The van der Waals surface area contributed by atoms with Gasteiger partial charge in [-0.3, -0.25) is 0 Å². The molecule has 0 bridgehead atoms. The van der Waals surface area contributed by atoms with Gasteiger partial charge < -0.3 is 0 Å². The zero-order chi connectivity index (χ0) is 5.41. The molecule has 0 aliphatic heterocycles. The second-order valence-electron chi connectivity index (χ2n) is 0.192. The van der Waals surface area contributed by atoms with Crippen LogP contribution >= 0.6 is 0 Å². The van der Waals surface area contributed by atoms with Gasteiger partial charge in [0.25, 0.3) is 0 Å². The van der Waals surface area contributed by atoms with Crippen LogP contribution in [0.4, 0.5) is 0 Å². The molecule has 7 heavy (non-hydrogen) atoms. The summed E-state index contributed by atoms with van der Waals surface area (Å²) in [6.45, 7) is 0. The molecule has 0 N–H and O–H groups in total. The van der Waals surface area contributed by atoms with E-state index in [2.05, 4.69) is 0 Å². The van der Waals surface area contributed by atoms with Crippen molar-refractivity contribution in [3.63, 3.8) is 0 Å². The van der Waals surface area contributed by atoms with Crippen molar-refractivity contribution in [1.29, 1.82) is 0 Å². The van der Waals surface area contributed by atoms with Crippen molar-refractivity contribution in [2.45, 2.75) is 0 Å². The van der Waals surface area contributed by atoms with Crippen LogP contribution in [0.15, 0.2) is 0 Å². The van der Waals surface area contributed by atoms with Gasteiger partial charge in [-0.2, -0.15) is 0 Å². The molecule has 0 fully saturated rings. The number of hydrogen-bond acceptors (Lipinski definition) is 4. The molecule has 0 heterocycles. The molecule has 0 unspecified atom stereocenters. The van der Waals surface area contributed by atoms with Crippen LogP contribution in [-0.4, -0.2) is 49.4 Å². The molecule has 0 spiro atoms. The summed E-state index contributed by atoms with van der Waals surface area (Å²) in [5, 5.41) is 0. The minimum absolute atomic E-state index is 0. The standard InChI is InChI=1S/Co.4O.2Tl/q+2;;;2*-1;;. The van der Waals surface area contributed by atoms with Gasteiger partial charge in [-0.15, -0.1) is 0 Å². The van der Waals surface area contributed by atoms with Crippen molar-refractivity contribution in [2.24, 2.45) is 0 Å². The van der Waals surface area contributed by atoms with Crippen LogP contribution in [0.25, 0.3) is 0 Å². The first-order valence-electron chi connectivity index (χ1n) is 0.943. The molecule has 0 atom stereocenters. The van der Waals surface area contributed by atoms with E-state index in [0.29, 0.717) is 0 Å². The Morgan fingerprint density at radius 1 is 1.00 bits per heavy atom. The van der Waals surface area contributed by atoms with Gasteiger partial charge in [0.2, 0.25) is 0 Å². The first-order chi connectivity index (χ1) is 2.83. The average Bonchev–Trinajstić information content (AvgIpc) is 1.39. The molecule has 7 heteroatoms. The van der Waals surface area contributed by atoms with Crippen molar-refractivity contribution < 1.29 is 28.3 Å². The SMILES string of the molecule is [Co+2].[O]=[Tl][O-].[O]=[Tl][O-]. The van der Waals surface area contributed by atoms with Gasteiger partial charge in [0.15, 0.2) is 0 Å². The Hall–Kier alpha value is 1.87. The number of hydrogen-bond donors (Lipinski definition) is 0. The fourth-order valence-electron chi connectivity index (χ4n) is 0. The van der Waals surface area contributed by atoms with Gasteiger partial charge in [0.05, 0.1) is 0 Å². The molecule has 0 aliphatic carbocycles. The maximum absolute atomic E-state index is 8.58. The molecule has 0 saturated carbocycles. The Morgan fingerprint density at radius 2 is 1.00 bits per heavy atom. The Kier molecular flexibility index (Phi) is 56.5. The second kappa shape index (κ2) is 24.8. The second-order valence-corrected chi connectivity index (χ2v) is 1.69. The van der Waals surface area contributed by atoms with Crippen LogP contribution in [0.2, 0.25) is 0 Å². The predicted octanol–water partition coefficient (Wildman–Crippen LogP) is -3.38. The van der Waals surface area contributed by atoms with Crippen molar-refractivity contribution in [3.05, 3.63) is 0 Å². The first kappa shape index (κ1) is 15.9. The van der Waals surface area contributed by atoms with E-state index in [4.69, 9.17) is 11.5 Å². The number of rotatable bonds is 0. The molecule has 0 aromatic carbocycles. The van der Waals surface area contributed by atoms with Crippen molar-refractivity contribution >= 4 is 49.4 Å². The van der Waals surface area contributed by atoms with Crippen molar-refractivity contribution in [3.8, 4) is 0 Å². The van der Waals surface area contributed by atoms with E-state index in [1.54, 1.807) is 0 Å². The van der Waals surface area contributed by atoms with Gasteiger partial charge in [-0.05, 0) is 0 Å². The third-order valence-corrected chi connectivity index (χ3v) is 0. The van der Waals surface area contributed by atoms with E-state index in [1.165, 1.54) is 0 Å². The topological polar surface area (TPSA) is 80.3 Å². The molecule has 1 radical (unpaired) electrons. The van der Waals surface area contributed by atoms with Crippen LogP contribution in [0.5, 0.6) is 0 Å². The Labute approximate surface area is 76.6 Å². The summed E-state index contributed by atoms with van der Waals surface area (Å²) in [5.74, 6) is 0. The van der Waals surface area contributed by atoms with Crippen LogP contribution in [-0.2, 0) is 22.2 Å². The fraction of sp³-hybridized carbons (Fsp3) is 0. The summed E-state index contributed by atoms with van der Waals surface area (Å²) < 4.78 is 34.3. The molecule has 0 aliphatic rings. The summed E-state index contributed by atoms with van der Waals surface area (Å²) in [5.41, 5.74) is 0. The Bertz CT molecular complexity index is 30.7. The van der Waals surface area contributed by atoms with E-state index in [-0.39, 0.29) is 16.8 Å². The molecule has 0 rings (SSSR count).